The molecule has 2 saturated heterocycles. The number of hydrogen-bond donors (Lipinski definition) is 9. The van der Waals surface area contributed by atoms with Crippen molar-refractivity contribution in [3.05, 3.63) is 74.9 Å². The molecule has 5 aromatic heterocycles. The summed E-state index contributed by atoms with van der Waals surface area (Å²) in [5.41, 5.74) is 14.6. The Bertz CT molecular complexity index is 3200. The van der Waals surface area contributed by atoms with Crippen molar-refractivity contribution in [1.82, 2.24) is 60.3 Å². The summed E-state index contributed by atoms with van der Waals surface area (Å²) in [5.74, 6) is -2.55. The first-order valence-corrected chi connectivity index (χ1v) is 28.1. The molecule has 4 unspecified atom stereocenters. The third-order valence-electron chi connectivity index (χ3n) is 12.6. The number of aromatic nitrogens is 8. The van der Waals surface area contributed by atoms with Gasteiger partial charge in [-0.3, -0.25) is 29.2 Å². The van der Waals surface area contributed by atoms with Crippen LogP contribution in [0.4, 0.5) is 28.2 Å². The Balaban J connectivity index is 0.707. The molecule has 0 aliphatic carbocycles. The number of ether oxygens (including phenoxy) is 3. The number of thiophene rings is 1. The number of rotatable bonds is 24. The van der Waals surface area contributed by atoms with Gasteiger partial charge in [0.1, 0.15) is 31.0 Å². The lowest BCUT2D eigenvalue weighted by Crippen LogP contribution is -2.53. The lowest BCUT2D eigenvalue weighted by molar-refractivity contribution is -0.142. The SMILES string of the molecule is Cc1c(CN2CCN(C(O)C(C)OC(=O)OCCSSCC(NC(=O)CCC(NC(=O)c3ccc(NCc4cnc5nc(N)[nH]c(=O)c5n4)cc3)C(=O)O)C(=O)O)CC2)sc2c(N3CCOCC3)nc(-c3cnc(N)nc3)nc12. The van der Waals surface area contributed by atoms with E-state index in [1.165, 1.54) is 29.1 Å². The van der Waals surface area contributed by atoms with Crippen LogP contribution in [0.25, 0.3) is 32.8 Å². The second-order valence-corrected chi connectivity index (χ2v) is 21.9. The summed E-state index contributed by atoms with van der Waals surface area (Å²) in [6, 6.07) is 3.28. The Hall–Kier alpha value is -7.55. The molecular formula is C48H58N16O12S3. The smallest absolute Gasteiger partial charge is 0.480 e. The molecule has 6 aromatic rings. The summed E-state index contributed by atoms with van der Waals surface area (Å²) >= 11 is 1.67. The van der Waals surface area contributed by atoms with E-state index in [-0.39, 0.29) is 59.7 Å². The minimum absolute atomic E-state index is 0.0187. The Morgan fingerprint density at radius 2 is 1.61 bits per heavy atom. The summed E-state index contributed by atoms with van der Waals surface area (Å²) in [5, 5.41) is 38.5. The first-order chi connectivity index (χ1) is 38.0. The van der Waals surface area contributed by atoms with Crippen molar-refractivity contribution in [2.45, 2.75) is 64.2 Å². The molecule has 0 saturated carbocycles. The molecule has 2 fully saturated rings. The molecule has 28 nitrogen and oxygen atoms in total. The molecule has 8 rings (SSSR count). The van der Waals surface area contributed by atoms with E-state index in [4.69, 9.17) is 35.6 Å². The van der Waals surface area contributed by atoms with Gasteiger partial charge in [0.25, 0.3) is 11.5 Å². The number of hydrogen-bond acceptors (Lipinski definition) is 26. The van der Waals surface area contributed by atoms with E-state index in [1.54, 1.807) is 42.8 Å². The van der Waals surface area contributed by atoms with Crippen molar-refractivity contribution < 1.29 is 53.5 Å². The van der Waals surface area contributed by atoms with Crippen LogP contribution in [0.15, 0.2) is 47.7 Å². The number of anilines is 4. The predicted octanol–water partition coefficient (Wildman–Crippen LogP) is 1.69. The van der Waals surface area contributed by atoms with Gasteiger partial charge in [-0.2, -0.15) is 4.98 Å². The highest BCUT2D eigenvalue weighted by molar-refractivity contribution is 8.76. The van der Waals surface area contributed by atoms with Crippen LogP contribution >= 0.6 is 32.9 Å². The van der Waals surface area contributed by atoms with Crippen LogP contribution in [-0.2, 0) is 41.7 Å². The molecule has 2 aliphatic heterocycles. The van der Waals surface area contributed by atoms with Crippen LogP contribution in [0.2, 0.25) is 0 Å². The van der Waals surface area contributed by atoms with Crippen molar-refractivity contribution in [1.29, 1.82) is 0 Å². The van der Waals surface area contributed by atoms with Gasteiger partial charge >= 0.3 is 18.1 Å². The summed E-state index contributed by atoms with van der Waals surface area (Å²) in [4.78, 5) is 115. The first kappa shape index (κ1) is 57.6. The lowest BCUT2D eigenvalue weighted by atomic mass is 10.1. The number of H-pyrrole nitrogens is 1. The average molecular weight is 1150 g/mol. The lowest BCUT2D eigenvalue weighted by Gasteiger charge is -2.38. The molecule has 0 radical (unpaired) electrons. The molecule has 2 aliphatic rings. The average Bonchev–Trinajstić information content (AvgIpc) is 3.95. The highest BCUT2D eigenvalue weighted by atomic mass is 33.1. The summed E-state index contributed by atoms with van der Waals surface area (Å²) in [7, 11) is 2.30. The maximum Gasteiger partial charge on any atom is 0.508 e. The van der Waals surface area contributed by atoms with Gasteiger partial charge in [-0.25, -0.2) is 44.3 Å². The number of benzene rings is 1. The number of aliphatic hydroxyl groups excluding tert-OH is 1. The molecule has 0 bridgehead atoms. The minimum atomic E-state index is -1.46. The van der Waals surface area contributed by atoms with E-state index in [9.17, 15) is 44.1 Å². The number of carbonyl (C=O) groups excluding carboxylic acids is 3. The van der Waals surface area contributed by atoms with E-state index < -0.39 is 66.3 Å². The van der Waals surface area contributed by atoms with Crippen LogP contribution in [0.5, 0.6) is 0 Å². The summed E-state index contributed by atoms with van der Waals surface area (Å²) in [6.45, 7) is 9.35. The minimum Gasteiger partial charge on any atom is -0.480 e. The number of aromatic amines is 1. The second kappa shape index (κ2) is 26.9. The van der Waals surface area contributed by atoms with Gasteiger partial charge in [0.2, 0.25) is 17.8 Å². The van der Waals surface area contributed by atoms with Crippen molar-refractivity contribution in [2.75, 3.05) is 92.3 Å². The largest absolute Gasteiger partial charge is 0.508 e. The fraction of sp³-hybridized carbons (Fsp3) is 0.438. The predicted molar refractivity (Wildman–Crippen MR) is 294 cm³/mol. The van der Waals surface area contributed by atoms with Crippen molar-refractivity contribution in [3.8, 4) is 11.4 Å². The number of aliphatic carboxylic acids is 2. The van der Waals surface area contributed by atoms with Crippen LogP contribution in [0, 0.1) is 6.92 Å². The third kappa shape index (κ3) is 15.4. The van der Waals surface area contributed by atoms with Gasteiger partial charge in [0.15, 0.2) is 22.8 Å². The van der Waals surface area contributed by atoms with E-state index >= 15 is 0 Å². The van der Waals surface area contributed by atoms with Gasteiger partial charge in [0.05, 0.1) is 47.4 Å². The van der Waals surface area contributed by atoms with E-state index in [2.05, 4.69) is 62.6 Å². The Morgan fingerprint density at radius 3 is 2.32 bits per heavy atom. The third-order valence-corrected chi connectivity index (χ3v) is 16.3. The molecule has 4 atom stereocenters. The molecule has 7 heterocycles. The first-order valence-electron chi connectivity index (χ1n) is 24.8. The van der Waals surface area contributed by atoms with Crippen LogP contribution in [-0.4, -0.2) is 190 Å². The number of carboxylic acids is 2. The number of carboxylic acid groups (broad SMARTS) is 2. The van der Waals surface area contributed by atoms with Crippen LogP contribution in [0.3, 0.4) is 0 Å². The zero-order valence-electron chi connectivity index (χ0n) is 42.8. The number of aliphatic hydroxyl groups is 1. The number of morpholine rings is 1. The highest BCUT2D eigenvalue weighted by Crippen LogP contribution is 2.38. The van der Waals surface area contributed by atoms with Crippen LogP contribution < -0.4 is 37.9 Å². The fourth-order valence-corrected chi connectivity index (χ4v) is 11.6. The second-order valence-electron chi connectivity index (χ2n) is 18.2. The van der Waals surface area contributed by atoms with Crippen LogP contribution in [0.1, 0.15) is 46.3 Å². The van der Waals surface area contributed by atoms with Gasteiger partial charge in [0, 0.05) is 92.3 Å². The molecule has 420 valence electrons. The topological polar surface area (TPSA) is 395 Å². The Kier molecular flexibility index (Phi) is 19.6. The Labute approximate surface area is 462 Å². The number of nitrogens with two attached hydrogens (primary N) is 2. The monoisotopic (exact) mass is 1150 g/mol. The molecule has 79 heavy (non-hydrogen) atoms. The number of piperazine rings is 1. The Morgan fingerprint density at radius 1 is 0.886 bits per heavy atom. The molecule has 1 aromatic carbocycles. The number of amides is 2. The normalized spacial score (nSPS) is 15.7. The molecular weight excluding hydrogens is 1090 g/mol. The number of nitrogen functional groups attached to an aromatic ring is 2. The number of fused-ring (bicyclic) bond motifs is 2. The number of carbonyl (C=O) groups is 5. The maximum atomic E-state index is 13.0. The zero-order valence-corrected chi connectivity index (χ0v) is 45.3. The highest BCUT2D eigenvalue weighted by Gasteiger charge is 2.31. The van der Waals surface area contributed by atoms with E-state index in [1.807, 2.05) is 4.90 Å². The quantitative estimate of drug-likeness (QED) is 0.0236. The zero-order chi connectivity index (χ0) is 56.2. The van der Waals surface area contributed by atoms with Gasteiger partial charge in [-0.05, 0) is 50.1 Å². The molecule has 2 amide bonds. The van der Waals surface area contributed by atoms with E-state index in [0.717, 1.165) is 37.3 Å². The van der Waals surface area contributed by atoms with Gasteiger partial charge in [-0.15, -0.1) is 11.3 Å². The number of nitrogens with zero attached hydrogens (tertiary/aromatic N) is 10. The van der Waals surface area contributed by atoms with Crippen molar-refractivity contribution in [3.63, 3.8) is 0 Å². The van der Waals surface area contributed by atoms with Gasteiger partial charge in [-0.1, -0.05) is 21.6 Å². The van der Waals surface area contributed by atoms with E-state index in [0.29, 0.717) is 81.8 Å². The summed E-state index contributed by atoms with van der Waals surface area (Å²) in [6.07, 6.45) is 0.973. The fourth-order valence-electron chi connectivity index (χ4n) is 8.31. The molecule has 11 N–H and O–H groups in total. The standard InChI is InChI=1S/C48H58N16O12S3/c1-25-33(79-37-35(25)58-38(28-19-53-46(49)54-20-28)59-40(37)63-13-15-74-16-14-63)23-62-9-11-64(12-10-62)43(68)26(2)76-48(73)75-17-18-77-78-24-32(45(71)72)56-34(65)8-7-31(44(69)70)57-41(66)27-3-5-29(6-4-27)51-21-30-22-52-39-36(55-30)42(67)61-47(50)60-39/h3-6,19-20,22,26,31-32,43,51,68H,7-18,21,23-24H2,1-2H3,(H,56,65)(H,57,66)(H,69,70)(H,71,72)(H2,49,53,54)(H3,50,52,60,61,67). The number of aryl methyl sites for hydroxylation is 1. The van der Waals surface area contributed by atoms with Crippen molar-refractivity contribution >= 4 is 108 Å². The summed E-state index contributed by atoms with van der Waals surface area (Å²) < 4.78 is 17.2. The van der Waals surface area contributed by atoms with Gasteiger partial charge < -0.3 is 61.8 Å². The number of nitrogens with one attached hydrogen (secondary N) is 4. The molecule has 0 spiro atoms. The molecule has 31 heteroatoms. The van der Waals surface area contributed by atoms with Crippen molar-refractivity contribution in [2.24, 2.45) is 0 Å². The maximum absolute atomic E-state index is 13.0.